The summed E-state index contributed by atoms with van der Waals surface area (Å²) < 4.78 is 65.7. The second-order valence-electron chi connectivity index (χ2n) is 8.03. The number of sulfonamides is 1. The number of nitrogens with one attached hydrogen (secondary N) is 4. The highest BCUT2D eigenvalue weighted by Gasteiger charge is 2.35. The molecule has 0 aliphatic rings. The van der Waals surface area contributed by atoms with Crippen LogP contribution in [0.1, 0.15) is 18.2 Å². The zero-order valence-electron chi connectivity index (χ0n) is 20.9. The van der Waals surface area contributed by atoms with E-state index in [1.165, 1.54) is 32.4 Å². The Morgan fingerprint density at radius 1 is 1.08 bits per heavy atom. The summed E-state index contributed by atoms with van der Waals surface area (Å²) in [5.41, 5.74) is -0.391. The second-order valence-corrected chi connectivity index (χ2v) is 10.0. The molecule has 0 bridgehead atoms. The Bertz CT molecular complexity index is 1470. The molecule has 13 nitrogen and oxygen atoms in total. The molecule has 17 heteroatoms. The SMILES string of the molecule is CC(=O)NCC(=O)Nc1cccc(Nc2ncc(C(F)(F)F)c(NCc3nccnc3N(C)S(C)(=O)=O)n2)c1. The molecule has 3 rings (SSSR count). The van der Waals surface area contributed by atoms with Crippen molar-refractivity contribution in [3.05, 3.63) is 54.1 Å². The Labute approximate surface area is 221 Å². The van der Waals surface area contributed by atoms with Crippen LogP contribution in [-0.2, 0) is 32.3 Å². The van der Waals surface area contributed by atoms with Crippen LogP contribution >= 0.6 is 0 Å². The highest BCUT2D eigenvalue weighted by atomic mass is 32.2. The van der Waals surface area contributed by atoms with Gasteiger partial charge in [0.2, 0.25) is 27.8 Å². The summed E-state index contributed by atoms with van der Waals surface area (Å²) in [4.78, 5) is 38.6. The molecule has 0 aliphatic heterocycles. The van der Waals surface area contributed by atoms with Crippen molar-refractivity contribution >= 4 is 50.8 Å². The van der Waals surface area contributed by atoms with Crippen molar-refractivity contribution in [3.63, 3.8) is 0 Å². The molecule has 0 unspecified atom stereocenters. The van der Waals surface area contributed by atoms with Crippen molar-refractivity contribution in [2.45, 2.75) is 19.6 Å². The maximum atomic E-state index is 13.7. The fourth-order valence-electron chi connectivity index (χ4n) is 3.07. The minimum atomic E-state index is -4.80. The van der Waals surface area contributed by atoms with E-state index in [0.717, 1.165) is 10.6 Å². The molecule has 0 aliphatic carbocycles. The first-order valence-electron chi connectivity index (χ1n) is 11.1. The van der Waals surface area contributed by atoms with Crippen molar-refractivity contribution in [3.8, 4) is 0 Å². The molecule has 39 heavy (non-hydrogen) atoms. The molecule has 2 heterocycles. The van der Waals surface area contributed by atoms with Gasteiger partial charge in [-0.15, -0.1) is 0 Å². The Morgan fingerprint density at radius 2 is 1.77 bits per heavy atom. The van der Waals surface area contributed by atoms with Gasteiger partial charge in [-0.05, 0) is 18.2 Å². The molecule has 4 N–H and O–H groups in total. The Morgan fingerprint density at radius 3 is 2.44 bits per heavy atom. The quantitative estimate of drug-likeness (QED) is 0.284. The zero-order valence-corrected chi connectivity index (χ0v) is 21.7. The molecule has 1 aromatic carbocycles. The lowest BCUT2D eigenvalue weighted by molar-refractivity contribution is -0.137. The predicted molar refractivity (Wildman–Crippen MR) is 137 cm³/mol. The molecule has 208 valence electrons. The van der Waals surface area contributed by atoms with Crippen LogP contribution in [-0.4, -0.2) is 60.0 Å². The van der Waals surface area contributed by atoms with Gasteiger partial charge in [0.15, 0.2) is 5.82 Å². The third-order valence-electron chi connectivity index (χ3n) is 4.97. The average molecular weight is 568 g/mol. The molecule has 0 spiro atoms. The summed E-state index contributed by atoms with van der Waals surface area (Å²) in [6.45, 7) is 0.696. The number of carbonyl (C=O) groups excluding carboxylic acids is 2. The van der Waals surface area contributed by atoms with Gasteiger partial charge in [-0.1, -0.05) is 6.07 Å². The van der Waals surface area contributed by atoms with E-state index in [0.29, 0.717) is 17.6 Å². The number of halogens is 3. The first-order valence-corrected chi connectivity index (χ1v) is 12.9. The fraction of sp³-hybridized carbons (Fsp3) is 0.273. The van der Waals surface area contributed by atoms with Gasteiger partial charge in [-0.25, -0.2) is 18.4 Å². The van der Waals surface area contributed by atoms with Crippen LogP contribution in [0, 0.1) is 0 Å². The number of amides is 2. The van der Waals surface area contributed by atoms with Crippen LogP contribution in [0.15, 0.2) is 42.9 Å². The number of aromatic nitrogens is 4. The first-order chi connectivity index (χ1) is 18.2. The van der Waals surface area contributed by atoms with Crippen LogP contribution in [0.2, 0.25) is 0 Å². The molecule has 0 fully saturated rings. The average Bonchev–Trinajstić information content (AvgIpc) is 2.85. The lowest BCUT2D eigenvalue weighted by atomic mass is 10.2. The van der Waals surface area contributed by atoms with Crippen molar-refractivity contribution in [2.75, 3.05) is 40.1 Å². The van der Waals surface area contributed by atoms with Gasteiger partial charge in [0.05, 0.1) is 19.3 Å². The van der Waals surface area contributed by atoms with E-state index < -0.39 is 33.5 Å². The van der Waals surface area contributed by atoms with Gasteiger partial charge in [0.25, 0.3) is 0 Å². The summed E-state index contributed by atoms with van der Waals surface area (Å²) in [6.07, 6.45) is -0.724. The summed E-state index contributed by atoms with van der Waals surface area (Å²) >= 11 is 0. The van der Waals surface area contributed by atoms with Crippen LogP contribution in [0.4, 0.5) is 42.1 Å². The summed E-state index contributed by atoms with van der Waals surface area (Å²) in [6, 6.07) is 6.22. The number of nitrogens with zero attached hydrogens (tertiary/aromatic N) is 5. The number of alkyl halides is 3. The van der Waals surface area contributed by atoms with Crippen LogP contribution in [0.3, 0.4) is 0 Å². The summed E-state index contributed by atoms with van der Waals surface area (Å²) in [7, 11) is -2.47. The molecular weight excluding hydrogens is 543 g/mol. The zero-order chi connectivity index (χ0) is 28.8. The van der Waals surface area contributed by atoms with Crippen LogP contribution in [0.5, 0.6) is 0 Å². The van der Waals surface area contributed by atoms with E-state index in [1.807, 2.05) is 0 Å². The minimum absolute atomic E-state index is 0.0640. The maximum absolute atomic E-state index is 13.7. The third-order valence-corrected chi connectivity index (χ3v) is 6.13. The van der Waals surface area contributed by atoms with Gasteiger partial charge in [0, 0.05) is 43.9 Å². The number of anilines is 5. The van der Waals surface area contributed by atoms with E-state index >= 15 is 0 Å². The number of carbonyl (C=O) groups is 2. The largest absolute Gasteiger partial charge is 0.421 e. The van der Waals surface area contributed by atoms with E-state index in [1.54, 1.807) is 18.2 Å². The topological polar surface area (TPSA) is 171 Å². The lowest BCUT2D eigenvalue weighted by Gasteiger charge is -2.19. The van der Waals surface area contributed by atoms with Crippen LogP contribution in [0.25, 0.3) is 0 Å². The summed E-state index contributed by atoms with van der Waals surface area (Å²) in [5, 5.41) is 10.2. The van der Waals surface area contributed by atoms with Crippen molar-refractivity contribution < 1.29 is 31.2 Å². The molecule has 0 saturated carbocycles. The molecular formula is C22H24F3N9O4S. The van der Waals surface area contributed by atoms with Gasteiger partial charge < -0.3 is 21.3 Å². The van der Waals surface area contributed by atoms with E-state index in [9.17, 15) is 31.2 Å². The predicted octanol–water partition coefficient (Wildman–Crippen LogP) is 2.11. The Hall–Kier alpha value is -4.54. The molecule has 2 amide bonds. The van der Waals surface area contributed by atoms with Crippen molar-refractivity contribution in [1.82, 2.24) is 25.3 Å². The van der Waals surface area contributed by atoms with Gasteiger partial charge in [0.1, 0.15) is 17.1 Å². The Kier molecular flexibility index (Phi) is 8.85. The van der Waals surface area contributed by atoms with Gasteiger partial charge in [-0.2, -0.15) is 18.2 Å². The van der Waals surface area contributed by atoms with Gasteiger partial charge in [-0.3, -0.25) is 18.9 Å². The molecule has 3 aromatic rings. The first kappa shape index (κ1) is 29.0. The minimum Gasteiger partial charge on any atom is -0.364 e. The fourth-order valence-corrected chi connectivity index (χ4v) is 3.54. The number of hydrogen-bond donors (Lipinski definition) is 4. The van der Waals surface area contributed by atoms with Crippen molar-refractivity contribution in [1.29, 1.82) is 0 Å². The lowest BCUT2D eigenvalue weighted by Crippen LogP contribution is -2.31. The smallest absolute Gasteiger partial charge is 0.364 e. The molecule has 0 atom stereocenters. The normalized spacial score (nSPS) is 11.4. The van der Waals surface area contributed by atoms with E-state index in [4.69, 9.17) is 0 Å². The number of rotatable bonds is 10. The Balaban J connectivity index is 1.83. The monoisotopic (exact) mass is 567 g/mol. The highest BCUT2D eigenvalue weighted by molar-refractivity contribution is 7.92. The number of hydrogen-bond acceptors (Lipinski definition) is 10. The highest BCUT2D eigenvalue weighted by Crippen LogP contribution is 2.34. The summed E-state index contributed by atoms with van der Waals surface area (Å²) in [5.74, 6) is -1.70. The standard InChI is InChI=1S/C22H24F3N9O4S/c1-13(35)28-12-18(36)31-14-5-4-6-15(9-14)32-21-30-10-16(22(23,24)25)19(33-21)29-11-17-20(27-8-7-26-17)34(2)39(3,37)38/h4-10H,11-12H2,1-3H3,(H,28,35)(H,31,36)(H2,29,30,32,33). The molecule has 0 saturated heterocycles. The van der Waals surface area contributed by atoms with E-state index in [-0.39, 0.29) is 36.5 Å². The maximum Gasteiger partial charge on any atom is 0.421 e. The van der Waals surface area contributed by atoms with Crippen molar-refractivity contribution in [2.24, 2.45) is 0 Å². The third kappa shape index (κ3) is 8.22. The molecule has 2 aromatic heterocycles. The van der Waals surface area contributed by atoms with Gasteiger partial charge >= 0.3 is 6.18 Å². The van der Waals surface area contributed by atoms with Crippen LogP contribution < -0.4 is 25.6 Å². The second kappa shape index (κ2) is 11.9. The molecule has 0 radical (unpaired) electrons. The number of benzene rings is 1. The van der Waals surface area contributed by atoms with E-state index in [2.05, 4.69) is 41.2 Å².